The van der Waals surface area contributed by atoms with Crippen LogP contribution in [-0.2, 0) is 0 Å². The van der Waals surface area contributed by atoms with Crippen molar-refractivity contribution >= 4 is 43.8 Å². The van der Waals surface area contributed by atoms with Crippen LogP contribution in [0.3, 0.4) is 0 Å². The van der Waals surface area contributed by atoms with Gasteiger partial charge in [0.25, 0.3) is 0 Å². The molecular formula is H4Cl2SSi. The van der Waals surface area contributed by atoms with E-state index in [1.165, 1.54) is 0 Å². The summed E-state index contributed by atoms with van der Waals surface area (Å²) in [6, 6.07) is 0. The zero-order chi connectivity index (χ0) is 2.71. The molecule has 0 saturated carbocycles. The van der Waals surface area contributed by atoms with Crippen LogP contribution in [-0.4, -0.2) is 8.14 Å². The maximum absolute atomic E-state index is 4.90. The third-order valence-corrected chi connectivity index (χ3v) is 0. The van der Waals surface area contributed by atoms with Gasteiger partial charge in [0.2, 0.25) is 8.14 Å². The largest absolute Gasteiger partial charge is 0.222 e. The van der Waals surface area contributed by atoms with Gasteiger partial charge < -0.3 is 0 Å². The first-order valence-corrected chi connectivity index (χ1v) is 4.81. The van der Waals surface area contributed by atoms with Crippen LogP contribution in [0.2, 0.25) is 0 Å². The molecule has 0 amide bonds. The average molecular weight is 135 g/mol. The number of halogens is 2. The first kappa shape index (κ1) is 8.94. The van der Waals surface area contributed by atoms with Crippen molar-refractivity contribution in [1.29, 1.82) is 0 Å². The van der Waals surface area contributed by atoms with E-state index in [9.17, 15) is 0 Å². The number of rotatable bonds is 0. The fourth-order valence-electron chi connectivity index (χ4n) is 0. The Morgan fingerprint density at radius 2 is 1.25 bits per heavy atom. The lowest BCUT2D eigenvalue weighted by atomic mass is 27.8. The highest BCUT2D eigenvalue weighted by atomic mass is 35.7. The molecule has 0 fully saturated rings. The van der Waals surface area contributed by atoms with E-state index >= 15 is 0 Å². The zero-order valence-corrected chi connectivity index (χ0v) is 5.89. The lowest BCUT2D eigenvalue weighted by Crippen LogP contribution is -1.36. The first-order valence-electron chi connectivity index (χ1n) is 0.535. The molecule has 0 N–H and O–H groups in total. The smallest absolute Gasteiger partial charge is 0.197 e. The molecule has 0 unspecified atom stereocenters. The predicted molar refractivity (Wildman–Crippen MR) is 30.6 cm³/mol. The minimum Gasteiger partial charge on any atom is -0.197 e. The molecule has 0 spiro atoms. The molecule has 0 aliphatic carbocycles. The molecule has 0 atom stereocenters. The van der Waals surface area contributed by atoms with E-state index < -0.39 is 8.14 Å². The minimum atomic E-state index is -0.639. The van der Waals surface area contributed by atoms with E-state index in [4.69, 9.17) is 22.2 Å². The standard InChI is InChI=1S/Cl2H2Si.H2S/c1-3-2;/h3H2;1H2. The van der Waals surface area contributed by atoms with E-state index in [2.05, 4.69) is 0 Å². The van der Waals surface area contributed by atoms with Gasteiger partial charge in [0.1, 0.15) is 0 Å². The fraction of sp³-hybridized carbons (Fsp3) is 0. The Labute approximate surface area is 44.2 Å². The Hall–Kier alpha value is 1.15. The molecule has 0 aliphatic rings. The summed E-state index contributed by atoms with van der Waals surface area (Å²) < 4.78 is 0. The summed E-state index contributed by atoms with van der Waals surface area (Å²) in [7, 11) is -0.639. The Balaban J connectivity index is 0. The van der Waals surface area contributed by atoms with Crippen molar-refractivity contribution in [3.05, 3.63) is 0 Å². The van der Waals surface area contributed by atoms with Gasteiger partial charge in [-0.2, -0.15) is 35.7 Å². The van der Waals surface area contributed by atoms with Crippen molar-refractivity contribution in [2.24, 2.45) is 0 Å². The van der Waals surface area contributed by atoms with E-state index in [0.29, 0.717) is 0 Å². The second-order valence-electron chi connectivity index (χ2n) is 0.101. The van der Waals surface area contributed by atoms with Gasteiger partial charge in [-0.05, 0) is 0 Å². The van der Waals surface area contributed by atoms with Gasteiger partial charge in [-0.25, -0.2) is 0 Å². The Kier molecular flexibility index (Phi) is 19.9. The number of hydrogen-bond acceptors (Lipinski definition) is 0. The van der Waals surface area contributed by atoms with Crippen LogP contribution in [0.5, 0.6) is 0 Å². The molecule has 0 aliphatic heterocycles. The summed E-state index contributed by atoms with van der Waals surface area (Å²) in [4.78, 5) is 0. The lowest BCUT2D eigenvalue weighted by Gasteiger charge is -1.39. The second-order valence-corrected chi connectivity index (χ2v) is 2.73. The monoisotopic (exact) mass is 134 g/mol. The van der Waals surface area contributed by atoms with Crippen molar-refractivity contribution < 1.29 is 0 Å². The first-order chi connectivity index (χ1) is 1.41. The molecule has 0 rings (SSSR count). The molecule has 0 aromatic heterocycles. The maximum atomic E-state index is 4.90. The van der Waals surface area contributed by atoms with E-state index in [-0.39, 0.29) is 13.5 Å². The molecule has 0 saturated heterocycles. The summed E-state index contributed by atoms with van der Waals surface area (Å²) >= 11 is 9.81. The van der Waals surface area contributed by atoms with E-state index in [1.54, 1.807) is 0 Å². The van der Waals surface area contributed by atoms with E-state index in [0.717, 1.165) is 0 Å². The Bertz CT molecular complexity index is 6.00. The maximum Gasteiger partial charge on any atom is 0.222 e. The number of hydrogen-bond donors (Lipinski definition) is 0. The van der Waals surface area contributed by atoms with Gasteiger partial charge in [0.15, 0.2) is 0 Å². The van der Waals surface area contributed by atoms with Crippen LogP contribution in [0.15, 0.2) is 0 Å². The van der Waals surface area contributed by atoms with Gasteiger partial charge in [0.05, 0.1) is 0 Å². The molecule has 0 aromatic rings. The van der Waals surface area contributed by atoms with Gasteiger partial charge in [0, 0.05) is 0 Å². The van der Waals surface area contributed by atoms with Crippen LogP contribution in [0.1, 0.15) is 0 Å². The van der Waals surface area contributed by atoms with Crippen LogP contribution < -0.4 is 0 Å². The zero-order valence-electron chi connectivity index (χ0n) is 1.96. The average Bonchev–Trinajstić information content (AvgIpc) is 0.918. The Morgan fingerprint density at radius 1 is 1.25 bits per heavy atom. The third kappa shape index (κ3) is 11.0. The SMILES string of the molecule is Cl[SiH2]Cl.S. The topological polar surface area (TPSA) is 0 Å². The predicted octanol–water partition coefficient (Wildman–Crippen LogP) is 0.576. The molecule has 0 aromatic carbocycles. The van der Waals surface area contributed by atoms with Crippen molar-refractivity contribution in [3.8, 4) is 0 Å². The van der Waals surface area contributed by atoms with Gasteiger partial charge in [-0.3, -0.25) is 0 Å². The highest BCUT2D eigenvalue weighted by Gasteiger charge is 1.46. The van der Waals surface area contributed by atoms with Crippen molar-refractivity contribution in [2.45, 2.75) is 0 Å². The molecular weight excluding hydrogens is 131 g/mol. The highest BCUT2D eigenvalue weighted by molar-refractivity contribution is 7.59. The van der Waals surface area contributed by atoms with Gasteiger partial charge in [-0.15, -0.1) is 0 Å². The Morgan fingerprint density at radius 3 is 1.25 bits per heavy atom. The third-order valence-electron chi connectivity index (χ3n) is 0. The summed E-state index contributed by atoms with van der Waals surface area (Å²) in [5.74, 6) is 0. The highest BCUT2D eigenvalue weighted by Crippen LogP contribution is 1.67. The summed E-state index contributed by atoms with van der Waals surface area (Å²) in [5, 5.41) is 0. The summed E-state index contributed by atoms with van der Waals surface area (Å²) in [6.45, 7) is 0. The second kappa shape index (κ2) is 8.91. The molecule has 4 heteroatoms. The van der Waals surface area contributed by atoms with Crippen LogP contribution in [0, 0.1) is 0 Å². The molecule has 0 bridgehead atoms. The molecule has 0 heterocycles. The molecule has 4 heavy (non-hydrogen) atoms. The summed E-state index contributed by atoms with van der Waals surface area (Å²) in [5.41, 5.74) is 0. The molecule has 0 radical (unpaired) electrons. The van der Waals surface area contributed by atoms with E-state index in [1.807, 2.05) is 0 Å². The lowest BCUT2D eigenvalue weighted by molar-refractivity contribution is 4.39. The molecule has 28 valence electrons. The summed E-state index contributed by atoms with van der Waals surface area (Å²) in [6.07, 6.45) is 0. The molecule has 0 nitrogen and oxygen atoms in total. The quantitative estimate of drug-likeness (QED) is 0.336. The van der Waals surface area contributed by atoms with Crippen molar-refractivity contribution in [3.63, 3.8) is 0 Å². The fourth-order valence-corrected chi connectivity index (χ4v) is 0. The van der Waals surface area contributed by atoms with Crippen LogP contribution >= 0.6 is 35.7 Å². The van der Waals surface area contributed by atoms with Crippen molar-refractivity contribution in [1.82, 2.24) is 0 Å². The van der Waals surface area contributed by atoms with Gasteiger partial charge >= 0.3 is 0 Å². The van der Waals surface area contributed by atoms with Gasteiger partial charge in [-0.1, -0.05) is 0 Å². The van der Waals surface area contributed by atoms with Crippen LogP contribution in [0.4, 0.5) is 0 Å². The van der Waals surface area contributed by atoms with Crippen LogP contribution in [0.25, 0.3) is 0 Å². The van der Waals surface area contributed by atoms with Crippen molar-refractivity contribution in [2.75, 3.05) is 0 Å². The minimum absolute atomic E-state index is 0. The normalized spacial score (nSPS) is 4.50.